The highest BCUT2D eigenvalue weighted by Gasteiger charge is 2.01. The molecule has 0 amide bonds. The van der Waals surface area contributed by atoms with Crippen molar-refractivity contribution in [3.8, 4) is 0 Å². The van der Waals surface area contributed by atoms with Crippen molar-refractivity contribution < 1.29 is 0 Å². The van der Waals surface area contributed by atoms with Gasteiger partial charge in [0.25, 0.3) is 0 Å². The molecule has 0 saturated heterocycles. The van der Waals surface area contributed by atoms with Gasteiger partial charge in [-0.2, -0.15) is 0 Å². The number of aryl methyl sites for hydroxylation is 2. The summed E-state index contributed by atoms with van der Waals surface area (Å²) in [4.78, 5) is 0. The first-order valence-corrected chi connectivity index (χ1v) is 8.04. The summed E-state index contributed by atoms with van der Waals surface area (Å²) >= 11 is 0. The van der Waals surface area contributed by atoms with Gasteiger partial charge in [-0.05, 0) is 56.1 Å². The van der Waals surface area contributed by atoms with Crippen LogP contribution in [0.2, 0.25) is 0 Å². The fraction of sp³-hybridized carbons (Fsp3) is 0.500. The molecule has 0 bridgehead atoms. The van der Waals surface area contributed by atoms with Crippen molar-refractivity contribution in [1.82, 2.24) is 0 Å². The normalized spacial score (nSPS) is 12.8. The van der Waals surface area contributed by atoms with Gasteiger partial charge in [-0.1, -0.05) is 62.3 Å². The smallest absolute Gasteiger partial charge is 0.0199 e. The minimum atomic E-state index is 0.666. The van der Waals surface area contributed by atoms with E-state index in [2.05, 4.69) is 63.8 Å². The lowest BCUT2D eigenvalue weighted by molar-refractivity contribution is 0.619. The molecule has 1 rings (SSSR count). The summed E-state index contributed by atoms with van der Waals surface area (Å²) < 4.78 is 0. The highest BCUT2D eigenvalue weighted by molar-refractivity contribution is 5.24. The molecule has 1 aromatic rings. The van der Waals surface area contributed by atoms with Crippen molar-refractivity contribution >= 4 is 0 Å². The molecule has 0 fully saturated rings. The second kappa shape index (κ2) is 9.58. The standard InChI is InChI=1S/C20H30/c1-5-10-19-13-9-14-20(16-19)12-8-7-11-18(6-2)15-17(3)4/h7,9,11,13-14,16,18H,3,5-6,8,10,12,15H2,1-2,4H3/b11-7+. The maximum Gasteiger partial charge on any atom is -0.0199 e. The minimum absolute atomic E-state index is 0.666. The summed E-state index contributed by atoms with van der Waals surface area (Å²) in [7, 11) is 0. The minimum Gasteiger partial charge on any atom is -0.100 e. The van der Waals surface area contributed by atoms with Crippen LogP contribution in [-0.4, -0.2) is 0 Å². The molecular formula is C20H30. The summed E-state index contributed by atoms with van der Waals surface area (Å²) in [6.07, 6.45) is 11.8. The third kappa shape index (κ3) is 6.75. The van der Waals surface area contributed by atoms with Gasteiger partial charge in [0, 0.05) is 0 Å². The van der Waals surface area contributed by atoms with Gasteiger partial charge in [0.1, 0.15) is 0 Å². The van der Waals surface area contributed by atoms with Crippen LogP contribution in [0.15, 0.2) is 48.6 Å². The molecule has 1 aromatic carbocycles. The van der Waals surface area contributed by atoms with Crippen LogP contribution in [0, 0.1) is 5.92 Å². The lowest BCUT2D eigenvalue weighted by Crippen LogP contribution is -1.94. The summed E-state index contributed by atoms with van der Waals surface area (Å²) in [5, 5.41) is 0. The Kier molecular flexibility index (Phi) is 8.02. The van der Waals surface area contributed by atoms with Crippen LogP contribution >= 0.6 is 0 Å². The van der Waals surface area contributed by atoms with Crippen LogP contribution in [0.4, 0.5) is 0 Å². The first-order valence-electron chi connectivity index (χ1n) is 8.04. The summed E-state index contributed by atoms with van der Waals surface area (Å²) in [5.74, 6) is 0.666. The fourth-order valence-electron chi connectivity index (χ4n) is 2.56. The van der Waals surface area contributed by atoms with Gasteiger partial charge in [-0.25, -0.2) is 0 Å². The molecule has 0 aliphatic rings. The molecule has 0 saturated carbocycles. The van der Waals surface area contributed by atoms with Gasteiger partial charge in [-0.3, -0.25) is 0 Å². The SMILES string of the molecule is C=C(C)CC(/C=C/CCc1cccc(CCC)c1)CC. The lowest BCUT2D eigenvalue weighted by Gasteiger charge is -2.09. The third-order valence-corrected chi connectivity index (χ3v) is 3.67. The summed E-state index contributed by atoms with van der Waals surface area (Å²) in [6, 6.07) is 9.05. The van der Waals surface area contributed by atoms with E-state index in [0.717, 1.165) is 19.3 Å². The quantitative estimate of drug-likeness (QED) is 0.474. The zero-order valence-electron chi connectivity index (χ0n) is 13.5. The van der Waals surface area contributed by atoms with E-state index in [1.165, 1.54) is 36.0 Å². The van der Waals surface area contributed by atoms with Crippen molar-refractivity contribution in [3.05, 3.63) is 59.7 Å². The molecule has 0 nitrogen and oxygen atoms in total. The topological polar surface area (TPSA) is 0 Å². The fourth-order valence-corrected chi connectivity index (χ4v) is 2.56. The predicted molar refractivity (Wildman–Crippen MR) is 91.1 cm³/mol. The molecule has 0 heteroatoms. The van der Waals surface area contributed by atoms with E-state index < -0.39 is 0 Å². The number of hydrogen-bond donors (Lipinski definition) is 0. The number of rotatable bonds is 9. The molecule has 0 radical (unpaired) electrons. The largest absolute Gasteiger partial charge is 0.100 e. The van der Waals surface area contributed by atoms with Crippen LogP contribution in [0.5, 0.6) is 0 Å². The molecular weight excluding hydrogens is 240 g/mol. The molecule has 0 spiro atoms. The Morgan fingerprint density at radius 2 is 1.90 bits per heavy atom. The molecule has 110 valence electrons. The zero-order valence-corrected chi connectivity index (χ0v) is 13.5. The molecule has 0 aliphatic carbocycles. The highest BCUT2D eigenvalue weighted by atomic mass is 14.1. The molecule has 0 heterocycles. The average molecular weight is 270 g/mol. The Balaban J connectivity index is 2.42. The lowest BCUT2D eigenvalue weighted by atomic mass is 9.97. The van der Waals surface area contributed by atoms with Gasteiger partial charge < -0.3 is 0 Å². The summed E-state index contributed by atoms with van der Waals surface area (Å²) in [5.41, 5.74) is 4.23. The van der Waals surface area contributed by atoms with Crippen LogP contribution in [-0.2, 0) is 12.8 Å². The van der Waals surface area contributed by atoms with E-state index in [4.69, 9.17) is 0 Å². The van der Waals surface area contributed by atoms with Crippen molar-refractivity contribution in [3.63, 3.8) is 0 Å². The summed E-state index contributed by atoms with van der Waals surface area (Å²) in [6.45, 7) is 10.6. The van der Waals surface area contributed by atoms with Crippen LogP contribution in [0.1, 0.15) is 57.6 Å². The Morgan fingerprint density at radius 1 is 1.20 bits per heavy atom. The van der Waals surface area contributed by atoms with E-state index in [1.54, 1.807) is 0 Å². The second-order valence-corrected chi connectivity index (χ2v) is 5.87. The van der Waals surface area contributed by atoms with Crippen molar-refractivity contribution in [2.45, 2.75) is 59.3 Å². The van der Waals surface area contributed by atoms with E-state index in [-0.39, 0.29) is 0 Å². The Morgan fingerprint density at radius 3 is 2.50 bits per heavy atom. The van der Waals surface area contributed by atoms with Gasteiger partial charge in [0.15, 0.2) is 0 Å². The van der Waals surface area contributed by atoms with Gasteiger partial charge in [0.2, 0.25) is 0 Å². The maximum absolute atomic E-state index is 4.01. The van der Waals surface area contributed by atoms with E-state index in [0.29, 0.717) is 5.92 Å². The third-order valence-electron chi connectivity index (χ3n) is 3.67. The molecule has 0 N–H and O–H groups in total. The van der Waals surface area contributed by atoms with Crippen LogP contribution in [0.25, 0.3) is 0 Å². The number of benzene rings is 1. The van der Waals surface area contributed by atoms with Crippen molar-refractivity contribution in [1.29, 1.82) is 0 Å². The molecule has 1 atom stereocenters. The van der Waals surface area contributed by atoms with E-state index in [9.17, 15) is 0 Å². The molecule has 0 aromatic heterocycles. The average Bonchev–Trinajstić information content (AvgIpc) is 2.42. The van der Waals surface area contributed by atoms with Gasteiger partial charge >= 0.3 is 0 Å². The van der Waals surface area contributed by atoms with Crippen molar-refractivity contribution in [2.24, 2.45) is 5.92 Å². The number of allylic oxidation sites excluding steroid dienone is 3. The zero-order chi connectivity index (χ0) is 14.8. The monoisotopic (exact) mass is 270 g/mol. The second-order valence-electron chi connectivity index (χ2n) is 5.87. The highest BCUT2D eigenvalue weighted by Crippen LogP contribution is 2.16. The molecule has 1 unspecified atom stereocenters. The number of hydrogen-bond acceptors (Lipinski definition) is 0. The van der Waals surface area contributed by atoms with Crippen LogP contribution in [0.3, 0.4) is 0 Å². The predicted octanol–water partition coefficient (Wildman–Crippen LogP) is 6.12. The van der Waals surface area contributed by atoms with Gasteiger partial charge in [-0.15, -0.1) is 6.58 Å². The molecule has 20 heavy (non-hydrogen) atoms. The maximum atomic E-state index is 4.01. The van der Waals surface area contributed by atoms with E-state index in [1.807, 2.05) is 0 Å². The molecule has 0 aliphatic heterocycles. The Bertz CT molecular complexity index is 425. The van der Waals surface area contributed by atoms with Crippen LogP contribution < -0.4 is 0 Å². The first-order chi connectivity index (χ1) is 9.65. The Hall–Kier alpha value is -1.30. The van der Waals surface area contributed by atoms with E-state index >= 15 is 0 Å². The van der Waals surface area contributed by atoms with Gasteiger partial charge in [0.05, 0.1) is 0 Å². The first kappa shape index (κ1) is 16.8. The van der Waals surface area contributed by atoms with Crippen molar-refractivity contribution in [2.75, 3.05) is 0 Å². The Labute approximate surface area is 125 Å².